The Hall–Kier alpha value is -3.23. The third-order valence-corrected chi connectivity index (χ3v) is 6.45. The van der Waals surface area contributed by atoms with Gasteiger partial charge in [-0.15, -0.1) is 0 Å². The highest BCUT2D eigenvalue weighted by atomic mass is 79.9. The molecule has 6 nitrogen and oxygen atoms in total. The number of hydrogen-bond donors (Lipinski definition) is 1. The van der Waals surface area contributed by atoms with Crippen LogP contribution in [0.15, 0.2) is 81.2 Å². The van der Waals surface area contributed by atoms with Gasteiger partial charge in [0.15, 0.2) is 0 Å². The number of nitrogens with one attached hydrogen (secondary N) is 1. The molecule has 0 radical (unpaired) electrons. The molecule has 33 heavy (non-hydrogen) atoms. The lowest BCUT2D eigenvalue weighted by Crippen LogP contribution is -2.54. The number of rotatable bonds is 5. The summed E-state index contributed by atoms with van der Waals surface area (Å²) in [4.78, 5) is 39.2. The van der Waals surface area contributed by atoms with Crippen LogP contribution in [0.5, 0.6) is 5.75 Å². The number of anilines is 1. The van der Waals surface area contributed by atoms with E-state index < -0.39 is 17.8 Å². The third kappa shape index (κ3) is 5.07. The minimum absolute atomic E-state index is 0.158. The van der Waals surface area contributed by atoms with Crippen molar-refractivity contribution in [2.24, 2.45) is 0 Å². The number of hydrogen-bond acceptors (Lipinski definition) is 4. The minimum Gasteiger partial charge on any atom is -0.488 e. The summed E-state index contributed by atoms with van der Waals surface area (Å²) in [6.45, 7) is 2.16. The predicted molar refractivity (Wildman–Crippen MR) is 133 cm³/mol. The van der Waals surface area contributed by atoms with Crippen LogP contribution in [0.3, 0.4) is 0 Å². The van der Waals surface area contributed by atoms with Crippen molar-refractivity contribution in [3.63, 3.8) is 0 Å². The second-order valence-corrected chi connectivity index (χ2v) is 9.11. The first-order valence-electron chi connectivity index (χ1n) is 9.97. The summed E-state index contributed by atoms with van der Waals surface area (Å²) in [5.41, 5.74) is 2.58. The molecule has 1 heterocycles. The summed E-state index contributed by atoms with van der Waals surface area (Å²) in [7, 11) is 0. The fourth-order valence-electron chi connectivity index (χ4n) is 3.29. The highest BCUT2D eigenvalue weighted by Crippen LogP contribution is 2.28. The van der Waals surface area contributed by atoms with Gasteiger partial charge >= 0.3 is 6.03 Å². The Morgan fingerprint density at radius 1 is 0.970 bits per heavy atom. The normalized spacial score (nSPS) is 15.1. The molecule has 0 spiro atoms. The maximum absolute atomic E-state index is 13.2. The number of amides is 4. The molecule has 3 aromatic carbocycles. The molecule has 0 aromatic heterocycles. The smallest absolute Gasteiger partial charge is 0.335 e. The van der Waals surface area contributed by atoms with E-state index in [1.54, 1.807) is 36.4 Å². The average Bonchev–Trinajstić information content (AvgIpc) is 2.79. The van der Waals surface area contributed by atoms with Crippen molar-refractivity contribution in [1.29, 1.82) is 0 Å². The SMILES string of the molecule is Cc1cc(N2C(=O)NC(=O)/C(=C\c3ccccc3OCc3ccc(Br)cc3)C2=O)ccc1Br. The maximum Gasteiger partial charge on any atom is 0.335 e. The van der Waals surface area contributed by atoms with Crippen LogP contribution in [0.1, 0.15) is 16.7 Å². The number of barbiturate groups is 1. The maximum atomic E-state index is 13.2. The Balaban J connectivity index is 1.64. The van der Waals surface area contributed by atoms with Gasteiger partial charge in [0, 0.05) is 14.5 Å². The molecular weight excluding hydrogens is 552 g/mol. The Bertz CT molecular complexity index is 1290. The van der Waals surface area contributed by atoms with Crippen LogP contribution in [0.4, 0.5) is 10.5 Å². The minimum atomic E-state index is -0.788. The zero-order valence-corrected chi connectivity index (χ0v) is 20.6. The van der Waals surface area contributed by atoms with Gasteiger partial charge in [0.2, 0.25) is 0 Å². The van der Waals surface area contributed by atoms with E-state index in [0.717, 1.165) is 25.0 Å². The van der Waals surface area contributed by atoms with Crippen molar-refractivity contribution >= 4 is 61.5 Å². The van der Waals surface area contributed by atoms with Crippen LogP contribution in [0.25, 0.3) is 6.08 Å². The van der Waals surface area contributed by atoms with E-state index in [0.29, 0.717) is 23.6 Å². The number of para-hydroxylation sites is 1. The molecule has 1 aliphatic heterocycles. The monoisotopic (exact) mass is 568 g/mol. The standard InChI is InChI=1S/C25H18Br2N2O4/c1-15-12-19(10-11-21(15)27)29-24(31)20(23(30)28-25(29)32)13-17-4-2-3-5-22(17)33-14-16-6-8-18(26)9-7-16/h2-13H,14H2,1H3,(H,28,30,32)/b20-13+. The lowest BCUT2D eigenvalue weighted by Gasteiger charge is -2.26. The van der Waals surface area contributed by atoms with E-state index in [1.165, 1.54) is 6.08 Å². The number of ether oxygens (including phenoxy) is 1. The first-order valence-corrected chi connectivity index (χ1v) is 11.6. The summed E-state index contributed by atoms with van der Waals surface area (Å²) in [6.07, 6.45) is 1.44. The van der Waals surface area contributed by atoms with Crippen LogP contribution in [-0.2, 0) is 16.2 Å². The van der Waals surface area contributed by atoms with Crippen molar-refractivity contribution in [2.45, 2.75) is 13.5 Å². The van der Waals surface area contributed by atoms with Gasteiger partial charge in [-0.3, -0.25) is 14.9 Å². The van der Waals surface area contributed by atoms with Gasteiger partial charge in [0.05, 0.1) is 5.69 Å². The zero-order chi connectivity index (χ0) is 23.5. The van der Waals surface area contributed by atoms with Gasteiger partial charge in [0.1, 0.15) is 17.9 Å². The molecule has 1 fully saturated rings. The highest BCUT2D eigenvalue weighted by Gasteiger charge is 2.37. The second kappa shape index (κ2) is 9.72. The number of urea groups is 1. The molecule has 1 N–H and O–H groups in total. The molecule has 0 bridgehead atoms. The van der Waals surface area contributed by atoms with Crippen molar-refractivity contribution < 1.29 is 19.1 Å². The van der Waals surface area contributed by atoms with E-state index in [9.17, 15) is 14.4 Å². The van der Waals surface area contributed by atoms with Gasteiger partial charge < -0.3 is 4.74 Å². The van der Waals surface area contributed by atoms with E-state index >= 15 is 0 Å². The summed E-state index contributed by atoms with van der Waals surface area (Å²) < 4.78 is 7.77. The van der Waals surface area contributed by atoms with Crippen LogP contribution >= 0.6 is 31.9 Å². The fraction of sp³-hybridized carbons (Fsp3) is 0.0800. The Morgan fingerprint density at radius 2 is 1.70 bits per heavy atom. The number of benzene rings is 3. The molecule has 4 amide bonds. The molecule has 0 atom stereocenters. The first-order chi connectivity index (χ1) is 15.8. The largest absolute Gasteiger partial charge is 0.488 e. The molecule has 0 aliphatic carbocycles. The molecule has 8 heteroatoms. The number of halogens is 2. The Kier molecular flexibility index (Phi) is 6.76. The van der Waals surface area contributed by atoms with Crippen molar-refractivity contribution in [1.82, 2.24) is 5.32 Å². The van der Waals surface area contributed by atoms with Crippen molar-refractivity contribution in [3.8, 4) is 5.75 Å². The molecule has 166 valence electrons. The summed E-state index contributed by atoms with van der Waals surface area (Å²) in [6, 6.07) is 19.1. The molecule has 0 unspecified atom stereocenters. The van der Waals surface area contributed by atoms with Gasteiger partial charge in [-0.2, -0.15) is 0 Å². The highest BCUT2D eigenvalue weighted by molar-refractivity contribution is 9.10. The van der Waals surface area contributed by atoms with Crippen molar-refractivity contribution in [3.05, 3.63) is 97.9 Å². The molecule has 3 aromatic rings. The molecule has 4 rings (SSSR count). The first kappa shape index (κ1) is 22.9. The lowest BCUT2D eigenvalue weighted by molar-refractivity contribution is -0.122. The van der Waals surface area contributed by atoms with Crippen LogP contribution in [0.2, 0.25) is 0 Å². The number of carbonyl (C=O) groups is 3. The number of imide groups is 2. The number of carbonyl (C=O) groups excluding carboxylic acids is 3. The zero-order valence-electron chi connectivity index (χ0n) is 17.5. The van der Waals surface area contributed by atoms with E-state index in [1.807, 2.05) is 37.3 Å². The second-order valence-electron chi connectivity index (χ2n) is 7.34. The number of nitrogens with zero attached hydrogens (tertiary/aromatic N) is 1. The summed E-state index contributed by atoms with van der Waals surface area (Å²) in [5.74, 6) is -0.942. The van der Waals surface area contributed by atoms with E-state index in [2.05, 4.69) is 37.2 Å². The van der Waals surface area contributed by atoms with Crippen LogP contribution < -0.4 is 15.0 Å². The van der Waals surface area contributed by atoms with Gasteiger partial charge in [-0.1, -0.05) is 62.2 Å². The van der Waals surface area contributed by atoms with Crippen LogP contribution in [0, 0.1) is 6.92 Å². The third-order valence-electron chi connectivity index (χ3n) is 5.03. The van der Waals surface area contributed by atoms with Gasteiger partial charge in [0.25, 0.3) is 11.8 Å². The van der Waals surface area contributed by atoms with Crippen LogP contribution in [-0.4, -0.2) is 17.8 Å². The Labute approximate surface area is 207 Å². The summed E-state index contributed by atoms with van der Waals surface area (Å²) in [5, 5.41) is 2.25. The topological polar surface area (TPSA) is 75.7 Å². The van der Waals surface area contributed by atoms with Crippen molar-refractivity contribution in [2.75, 3.05) is 4.90 Å². The molecular formula is C25H18Br2N2O4. The quantitative estimate of drug-likeness (QED) is 0.313. The number of aryl methyl sites for hydroxylation is 1. The molecule has 0 saturated carbocycles. The van der Waals surface area contributed by atoms with E-state index in [4.69, 9.17) is 4.74 Å². The summed E-state index contributed by atoms with van der Waals surface area (Å²) >= 11 is 6.81. The lowest BCUT2D eigenvalue weighted by atomic mass is 10.1. The average molecular weight is 570 g/mol. The van der Waals surface area contributed by atoms with Gasteiger partial charge in [-0.25, -0.2) is 9.69 Å². The molecule has 1 aliphatic rings. The van der Waals surface area contributed by atoms with Gasteiger partial charge in [-0.05, 0) is 60.5 Å². The Morgan fingerprint density at radius 3 is 2.42 bits per heavy atom. The fourth-order valence-corrected chi connectivity index (χ4v) is 3.80. The predicted octanol–water partition coefficient (Wildman–Crippen LogP) is 5.77. The van der Waals surface area contributed by atoms with E-state index in [-0.39, 0.29) is 5.57 Å². The molecule has 1 saturated heterocycles.